The van der Waals surface area contributed by atoms with Gasteiger partial charge in [-0.3, -0.25) is 4.79 Å². The predicted molar refractivity (Wildman–Crippen MR) is 88.2 cm³/mol. The zero-order valence-corrected chi connectivity index (χ0v) is 13.9. The van der Waals surface area contributed by atoms with Crippen LogP contribution in [0.15, 0.2) is 12.2 Å². The van der Waals surface area contributed by atoms with Gasteiger partial charge in [-0.15, -0.1) is 0 Å². The minimum atomic E-state index is 0.273. The third-order valence-corrected chi connectivity index (χ3v) is 5.05. The van der Waals surface area contributed by atoms with Gasteiger partial charge in [0.05, 0.1) is 0 Å². The minimum Gasteiger partial charge on any atom is -0.346 e. The van der Waals surface area contributed by atoms with E-state index in [9.17, 15) is 4.79 Å². The van der Waals surface area contributed by atoms with Crippen LogP contribution < -0.4 is 0 Å². The van der Waals surface area contributed by atoms with E-state index in [0.29, 0.717) is 5.91 Å². The normalized spacial score (nSPS) is 24.2. The number of rotatable bonds is 6. The molecule has 2 rings (SSSR count). The lowest BCUT2D eigenvalue weighted by molar-refractivity contribution is -0.135. The third kappa shape index (κ3) is 5.14. The number of carbonyl (C=O) groups excluding carboxylic acids is 1. The van der Waals surface area contributed by atoms with Crippen molar-refractivity contribution >= 4 is 5.91 Å². The van der Waals surface area contributed by atoms with Gasteiger partial charge >= 0.3 is 0 Å². The van der Waals surface area contributed by atoms with E-state index >= 15 is 0 Å². The Balaban J connectivity index is 1.69. The van der Waals surface area contributed by atoms with Crippen LogP contribution in [-0.4, -0.2) is 48.9 Å². The lowest BCUT2D eigenvalue weighted by Gasteiger charge is -2.35. The summed E-state index contributed by atoms with van der Waals surface area (Å²) < 4.78 is 0. The van der Waals surface area contributed by atoms with E-state index in [0.717, 1.165) is 51.2 Å². The van der Waals surface area contributed by atoms with Crippen LogP contribution in [0.3, 0.4) is 0 Å². The smallest absolute Gasteiger partial charge is 0.225 e. The molecule has 1 amide bonds. The van der Waals surface area contributed by atoms with Gasteiger partial charge in [0.2, 0.25) is 5.91 Å². The molecule has 0 aromatic heterocycles. The molecule has 0 aromatic rings. The SMILES string of the molecule is CCCCN(C)C(=O)C1CCN(CC2CC=CCC2)CC1. The number of amides is 1. The number of hydrogen-bond acceptors (Lipinski definition) is 2. The molecule has 1 heterocycles. The van der Waals surface area contributed by atoms with Crippen molar-refractivity contribution in [3.63, 3.8) is 0 Å². The highest BCUT2D eigenvalue weighted by molar-refractivity contribution is 5.78. The summed E-state index contributed by atoms with van der Waals surface area (Å²) in [5, 5.41) is 0. The van der Waals surface area contributed by atoms with E-state index in [1.165, 1.54) is 25.8 Å². The zero-order chi connectivity index (χ0) is 15.1. The first-order chi connectivity index (χ1) is 10.2. The summed E-state index contributed by atoms with van der Waals surface area (Å²) in [4.78, 5) is 16.9. The predicted octanol–water partition coefficient (Wildman–Crippen LogP) is 3.31. The number of carbonyl (C=O) groups is 1. The van der Waals surface area contributed by atoms with Crippen LogP contribution in [0.4, 0.5) is 0 Å². The number of likely N-dealkylation sites (tertiary alicyclic amines) is 1. The number of unbranched alkanes of at least 4 members (excludes halogenated alkanes) is 1. The average molecular weight is 292 g/mol. The van der Waals surface area contributed by atoms with Crippen molar-refractivity contribution in [1.82, 2.24) is 9.80 Å². The van der Waals surface area contributed by atoms with E-state index < -0.39 is 0 Å². The van der Waals surface area contributed by atoms with E-state index in [4.69, 9.17) is 0 Å². The van der Waals surface area contributed by atoms with Crippen LogP contribution in [-0.2, 0) is 4.79 Å². The lowest BCUT2D eigenvalue weighted by Crippen LogP contribution is -2.43. The molecular formula is C18H32N2O. The van der Waals surface area contributed by atoms with Crippen LogP contribution in [0.2, 0.25) is 0 Å². The highest BCUT2D eigenvalue weighted by atomic mass is 16.2. The molecule has 1 fully saturated rings. The molecule has 2 aliphatic rings. The monoisotopic (exact) mass is 292 g/mol. The minimum absolute atomic E-state index is 0.273. The first kappa shape index (κ1) is 16.5. The molecule has 3 nitrogen and oxygen atoms in total. The molecule has 21 heavy (non-hydrogen) atoms. The first-order valence-electron chi connectivity index (χ1n) is 8.83. The quantitative estimate of drug-likeness (QED) is 0.701. The standard InChI is InChI=1S/C18H32N2O/c1-3-4-12-19(2)18(21)17-10-13-20(14-11-17)15-16-8-6-5-7-9-16/h5-6,16-17H,3-4,7-15H2,1-2H3. The molecule has 1 aliphatic carbocycles. The van der Waals surface area contributed by atoms with E-state index in [1.54, 1.807) is 0 Å². The summed E-state index contributed by atoms with van der Waals surface area (Å²) in [6.07, 6.45) is 12.9. The number of nitrogens with zero attached hydrogens (tertiary/aromatic N) is 2. The second-order valence-corrected chi connectivity index (χ2v) is 6.84. The summed E-state index contributed by atoms with van der Waals surface area (Å²) in [5.41, 5.74) is 0. The Hall–Kier alpha value is -0.830. The van der Waals surface area contributed by atoms with E-state index in [2.05, 4.69) is 24.0 Å². The van der Waals surface area contributed by atoms with Gasteiger partial charge in [-0.2, -0.15) is 0 Å². The molecule has 0 saturated carbocycles. The maximum atomic E-state index is 12.4. The fourth-order valence-electron chi connectivity index (χ4n) is 3.57. The molecule has 0 N–H and O–H groups in total. The second-order valence-electron chi connectivity index (χ2n) is 6.84. The molecule has 0 bridgehead atoms. The Bertz CT molecular complexity index is 345. The van der Waals surface area contributed by atoms with Crippen LogP contribution in [0.1, 0.15) is 51.9 Å². The molecular weight excluding hydrogens is 260 g/mol. The second kappa shape index (κ2) is 8.57. The summed E-state index contributed by atoms with van der Waals surface area (Å²) in [6, 6.07) is 0. The molecule has 3 heteroatoms. The Morgan fingerprint density at radius 1 is 1.24 bits per heavy atom. The summed E-state index contributed by atoms with van der Waals surface area (Å²) in [7, 11) is 1.97. The molecule has 0 aromatic carbocycles. The van der Waals surface area contributed by atoms with Crippen LogP contribution in [0.5, 0.6) is 0 Å². The van der Waals surface area contributed by atoms with Gasteiger partial charge in [-0.1, -0.05) is 25.5 Å². The van der Waals surface area contributed by atoms with Crippen molar-refractivity contribution in [3.8, 4) is 0 Å². The molecule has 0 spiro atoms. The topological polar surface area (TPSA) is 23.6 Å². The van der Waals surface area contributed by atoms with Gasteiger partial charge in [0.1, 0.15) is 0 Å². The first-order valence-corrected chi connectivity index (χ1v) is 8.83. The van der Waals surface area contributed by atoms with Crippen LogP contribution in [0, 0.1) is 11.8 Å². The maximum absolute atomic E-state index is 12.4. The van der Waals surface area contributed by atoms with Gasteiger partial charge in [-0.25, -0.2) is 0 Å². The zero-order valence-electron chi connectivity index (χ0n) is 13.9. The highest BCUT2D eigenvalue weighted by Gasteiger charge is 2.27. The summed E-state index contributed by atoms with van der Waals surface area (Å²) in [5.74, 6) is 1.49. The molecule has 1 saturated heterocycles. The third-order valence-electron chi connectivity index (χ3n) is 5.05. The molecule has 120 valence electrons. The van der Waals surface area contributed by atoms with E-state index in [-0.39, 0.29) is 5.92 Å². The Kier molecular flexibility index (Phi) is 6.75. The lowest BCUT2D eigenvalue weighted by atomic mass is 9.91. The average Bonchev–Trinajstić information content (AvgIpc) is 2.53. The fraction of sp³-hybridized carbons (Fsp3) is 0.833. The van der Waals surface area contributed by atoms with Gasteiger partial charge < -0.3 is 9.80 Å². The van der Waals surface area contributed by atoms with E-state index in [1.807, 2.05) is 11.9 Å². The van der Waals surface area contributed by atoms with Gasteiger partial charge in [0.15, 0.2) is 0 Å². The molecule has 0 radical (unpaired) electrons. The van der Waals surface area contributed by atoms with Crippen molar-refractivity contribution in [3.05, 3.63) is 12.2 Å². The summed E-state index contributed by atoms with van der Waals surface area (Å²) in [6.45, 7) is 6.55. The van der Waals surface area contributed by atoms with Crippen molar-refractivity contribution in [2.24, 2.45) is 11.8 Å². The Morgan fingerprint density at radius 2 is 2.00 bits per heavy atom. The van der Waals surface area contributed by atoms with Crippen molar-refractivity contribution in [2.45, 2.75) is 51.9 Å². The van der Waals surface area contributed by atoms with Crippen molar-refractivity contribution in [2.75, 3.05) is 33.2 Å². The Labute approximate surface area is 130 Å². The van der Waals surface area contributed by atoms with Gasteiger partial charge in [0.25, 0.3) is 0 Å². The number of hydrogen-bond donors (Lipinski definition) is 0. The molecule has 1 unspecified atom stereocenters. The largest absolute Gasteiger partial charge is 0.346 e. The molecule has 1 atom stereocenters. The van der Waals surface area contributed by atoms with Gasteiger partial charge in [-0.05, 0) is 57.5 Å². The summed E-state index contributed by atoms with van der Waals surface area (Å²) >= 11 is 0. The fourth-order valence-corrected chi connectivity index (χ4v) is 3.57. The molecule has 1 aliphatic heterocycles. The Morgan fingerprint density at radius 3 is 2.62 bits per heavy atom. The number of allylic oxidation sites excluding steroid dienone is 2. The van der Waals surface area contributed by atoms with Crippen molar-refractivity contribution < 1.29 is 4.79 Å². The maximum Gasteiger partial charge on any atom is 0.225 e. The van der Waals surface area contributed by atoms with Crippen LogP contribution in [0.25, 0.3) is 0 Å². The van der Waals surface area contributed by atoms with Crippen molar-refractivity contribution in [1.29, 1.82) is 0 Å². The number of piperidine rings is 1. The van der Waals surface area contributed by atoms with Gasteiger partial charge in [0, 0.05) is 26.1 Å². The highest BCUT2D eigenvalue weighted by Crippen LogP contribution is 2.24. The van der Waals surface area contributed by atoms with Crippen LogP contribution >= 0.6 is 0 Å².